The third-order valence-electron chi connectivity index (χ3n) is 3.69. The maximum atomic E-state index is 4.18. The van der Waals surface area contributed by atoms with Gasteiger partial charge < -0.3 is 5.32 Å². The molecule has 0 atom stereocenters. The van der Waals surface area contributed by atoms with Gasteiger partial charge in [-0.2, -0.15) is 5.10 Å². The summed E-state index contributed by atoms with van der Waals surface area (Å²) in [5.74, 6) is 0. The minimum atomic E-state index is 0.562. The Morgan fingerprint density at radius 1 is 1.44 bits per heavy atom. The lowest BCUT2D eigenvalue weighted by Gasteiger charge is -2.34. The molecule has 3 heteroatoms. The van der Waals surface area contributed by atoms with Crippen molar-refractivity contribution in [3.63, 3.8) is 0 Å². The molecule has 0 aliphatic heterocycles. The van der Waals surface area contributed by atoms with E-state index < -0.39 is 0 Å². The maximum absolute atomic E-state index is 4.18. The van der Waals surface area contributed by atoms with Crippen molar-refractivity contribution in [3.05, 3.63) is 18.0 Å². The third kappa shape index (κ3) is 3.08. The molecule has 0 saturated heterocycles. The van der Waals surface area contributed by atoms with Crippen molar-refractivity contribution >= 4 is 0 Å². The van der Waals surface area contributed by atoms with E-state index in [1.807, 2.05) is 17.9 Å². The zero-order valence-corrected chi connectivity index (χ0v) is 10.7. The Morgan fingerprint density at radius 3 is 2.69 bits per heavy atom. The summed E-state index contributed by atoms with van der Waals surface area (Å²) in [5.41, 5.74) is 1.85. The molecule has 3 nitrogen and oxygen atoms in total. The summed E-state index contributed by atoms with van der Waals surface area (Å²) >= 11 is 0. The molecule has 0 unspecified atom stereocenters. The number of nitrogens with one attached hydrogen (secondary N) is 1. The lowest BCUT2D eigenvalue weighted by Crippen LogP contribution is -2.35. The second-order valence-corrected chi connectivity index (χ2v) is 5.84. The maximum Gasteiger partial charge on any atom is 0.0534 e. The lowest BCUT2D eigenvalue weighted by atomic mass is 9.75. The van der Waals surface area contributed by atoms with Gasteiger partial charge in [-0.3, -0.25) is 4.68 Å². The molecule has 2 rings (SSSR count). The van der Waals surface area contributed by atoms with Crippen molar-refractivity contribution in [1.29, 1.82) is 0 Å². The fourth-order valence-corrected chi connectivity index (χ4v) is 2.43. The number of hydrogen-bond donors (Lipinski definition) is 1. The average molecular weight is 221 g/mol. The summed E-state index contributed by atoms with van der Waals surface area (Å²) in [7, 11) is 1.96. The van der Waals surface area contributed by atoms with E-state index in [0.717, 1.165) is 6.54 Å². The van der Waals surface area contributed by atoms with Gasteiger partial charge in [0.25, 0.3) is 0 Å². The lowest BCUT2D eigenvalue weighted by molar-refractivity contribution is 0.206. The van der Waals surface area contributed by atoms with Crippen molar-refractivity contribution in [3.8, 4) is 0 Å². The molecular formula is C13H23N3. The standard InChI is InChI=1S/C13H23N3/c1-13(2)6-4-12(5-7-13)14-8-11-9-15-16(3)10-11/h9-10,12,14H,4-8H2,1-3H3. The Bertz CT molecular complexity index is 331. The van der Waals surface area contributed by atoms with Gasteiger partial charge in [0.2, 0.25) is 0 Å². The highest BCUT2D eigenvalue weighted by molar-refractivity contribution is 5.03. The first-order valence-electron chi connectivity index (χ1n) is 6.26. The van der Waals surface area contributed by atoms with Crippen molar-refractivity contribution in [1.82, 2.24) is 15.1 Å². The Hall–Kier alpha value is -0.830. The minimum absolute atomic E-state index is 0.562. The predicted molar refractivity (Wildman–Crippen MR) is 66.1 cm³/mol. The average Bonchev–Trinajstić information content (AvgIpc) is 2.63. The monoisotopic (exact) mass is 221 g/mol. The fourth-order valence-electron chi connectivity index (χ4n) is 2.43. The molecule has 1 saturated carbocycles. The fraction of sp³-hybridized carbons (Fsp3) is 0.769. The number of aryl methyl sites for hydroxylation is 1. The largest absolute Gasteiger partial charge is 0.310 e. The molecule has 0 spiro atoms. The van der Waals surface area contributed by atoms with E-state index in [9.17, 15) is 0 Å². The SMILES string of the molecule is Cn1cc(CNC2CCC(C)(C)CC2)cn1. The Labute approximate surface area is 98.2 Å². The van der Waals surface area contributed by atoms with Crippen molar-refractivity contribution in [2.75, 3.05) is 0 Å². The topological polar surface area (TPSA) is 29.9 Å². The van der Waals surface area contributed by atoms with Gasteiger partial charge in [-0.05, 0) is 31.1 Å². The van der Waals surface area contributed by atoms with Crippen LogP contribution in [0.5, 0.6) is 0 Å². The van der Waals surface area contributed by atoms with E-state index in [2.05, 4.69) is 30.5 Å². The van der Waals surface area contributed by atoms with Gasteiger partial charge in [0.15, 0.2) is 0 Å². The molecule has 1 aliphatic carbocycles. The first-order valence-corrected chi connectivity index (χ1v) is 6.26. The highest BCUT2D eigenvalue weighted by Crippen LogP contribution is 2.34. The Morgan fingerprint density at radius 2 is 2.12 bits per heavy atom. The van der Waals surface area contributed by atoms with Gasteiger partial charge in [0.05, 0.1) is 6.20 Å². The molecule has 1 heterocycles. The molecule has 0 aromatic carbocycles. The van der Waals surface area contributed by atoms with Crippen LogP contribution < -0.4 is 5.32 Å². The van der Waals surface area contributed by atoms with Crippen LogP contribution in [0.4, 0.5) is 0 Å². The van der Waals surface area contributed by atoms with Crippen LogP contribution in [0.15, 0.2) is 12.4 Å². The summed E-state index contributed by atoms with van der Waals surface area (Å²) < 4.78 is 1.86. The molecule has 0 amide bonds. The molecule has 0 bridgehead atoms. The van der Waals surface area contributed by atoms with Gasteiger partial charge in [0, 0.05) is 31.4 Å². The van der Waals surface area contributed by atoms with Crippen LogP contribution in [0, 0.1) is 5.41 Å². The van der Waals surface area contributed by atoms with Crippen molar-refractivity contribution in [2.24, 2.45) is 12.5 Å². The molecule has 0 radical (unpaired) electrons. The van der Waals surface area contributed by atoms with E-state index in [0.29, 0.717) is 11.5 Å². The van der Waals surface area contributed by atoms with Crippen LogP contribution in [0.1, 0.15) is 45.1 Å². The molecule has 1 aliphatic rings. The summed E-state index contributed by atoms with van der Waals surface area (Å²) in [6, 6.07) is 0.702. The van der Waals surface area contributed by atoms with E-state index in [-0.39, 0.29) is 0 Å². The van der Waals surface area contributed by atoms with E-state index in [1.165, 1.54) is 31.2 Å². The second kappa shape index (κ2) is 4.58. The van der Waals surface area contributed by atoms with Gasteiger partial charge in [-0.1, -0.05) is 13.8 Å². The normalized spacial score (nSPS) is 21.2. The van der Waals surface area contributed by atoms with Crippen molar-refractivity contribution < 1.29 is 0 Å². The van der Waals surface area contributed by atoms with E-state index in [1.54, 1.807) is 0 Å². The molecule has 90 valence electrons. The van der Waals surface area contributed by atoms with E-state index >= 15 is 0 Å². The highest BCUT2D eigenvalue weighted by Gasteiger charge is 2.26. The second-order valence-electron chi connectivity index (χ2n) is 5.84. The molecule has 1 aromatic rings. The number of aromatic nitrogens is 2. The van der Waals surface area contributed by atoms with Gasteiger partial charge in [0.1, 0.15) is 0 Å². The Balaban J connectivity index is 1.75. The zero-order valence-electron chi connectivity index (χ0n) is 10.7. The first-order chi connectivity index (χ1) is 7.55. The number of nitrogens with zero attached hydrogens (tertiary/aromatic N) is 2. The van der Waals surface area contributed by atoms with Crippen LogP contribution >= 0.6 is 0 Å². The summed E-state index contributed by atoms with van der Waals surface area (Å²) in [6.07, 6.45) is 9.34. The van der Waals surface area contributed by atoms with Crippen molar-refractivity contribution in [2.45, 2.75) is 52.1 Å². The van der Waals surface area contributed by atoms with Crippen LogP contribution in [-0.2, 0) is 13.6 Å². The highest BCUT2D eigenvalue weighted by atomic mass is 15.2. The molecular weight excluding hydrogens is 198 g/mol. The van der Waals surface area contributed by atoms with Crippen LogP contribution in [-0.4, -0.2) is 15.8 Å². The molecule has 1 N–H and O–H groups in total. The number of rotatable bonds is 3. The van der Waals surface area contributed by atoms with Crippen LogP contribution in [0.25, 0.3) is 0 Å². The van der Waals surface area contributed by atoms with Gasteiger partial charge in [-0.15, -0.1) is 0 Å². The summed E-state index contributed by atoms with van der Waals surface area (Å²) in [5, 5.41) is 7.82. The van der Waals surface area contributed by atoms with Gasteiger partial charge >= 0.3 is 0 Å². The van der Waals surface area contributed by atoms with Crippen LogP contribution in [0.3, 0.4) is 0 Å². The molecule has 1 fully saturated rings. The first kappa shape index (κ1) is 11.6. The Kier molecular flexibility index (Phi) is 3.33. The van der Waals surface area contributed by atoms with E-state index in [4.69, 9.17) is 0 Å². The number of hydrogen-bond acceptors (Lipinski definition) is 2. The third-order valence-corrected chi connectivity index (χ3v) is 3.69. The predicted octanol–water partition coefficient (Wildman–Crippen LogP) is 2.48. The van der Waals surface area contributed by atoms with Crippen LogP contribution in [0.2, 0.25) is 0 Å². The minimum Gasteiger partial charge on any atom is -0.310 e. The zero-order chi connectivity index (χ0) is 11.6. The summed E-state index contributed by atoms with van der Waals surface area (Å²) in [6.45, 7) is 5.72. The molecule has 16 heavy (non-hydrogen) atoms. The van der Waals surface area contributed by atoms with Gasteiger partial charge in [-0.25, -0.2) is 0 Å². The summed E-state index contributed by atoms with van der Waals surface area (Å²) in [4.78, 5) is 0. The molecule has 1 aromatic heterocycles. The smallest absolute Gasteiger partial charge is 0.0534 e. The quantitative estimate of drug-likeness (QED) is 0.850.